The Hall–Kier alpha value is -2.53. The molecule has 0 fully saturated rings. The van der Waals surface area contributed by atoms with Crippen molar-refractivity contribution in [2.24, 2.45) is 0 Å². The highest BCUT2D eigenvalue weighted by Crippen LogP contribution is 2.26. The van der Waals surface area contributed by atoms with E-state index in [4.69, 9.17) is 0 Å². The van der Waals surface area contributed by atoms with E-state index in [9.17, 15) is 10.1 Å². The summed E-state index contributed by atoms with van der Waals surface area (Å²) in [5, 5.41) is 13.7. The summed E-state index contributed by atoms with van der Waals surface area (Å²) in [5.41, 5.74) is 4.48. The molecule has 0 N–H and O–H groups in total. The molecule has 0 aliphatic carbocycles. The number of benzene rings is 2. The Morgan fingerprint density at radius 3 is 2.55 bits per heavy atom. The predicted molar refractivity (Wildman–Crippen MR) is 88.2 cm³/mol. The van der Waals surface area contributed by atoms with Crippen LogP contribution in [-0.4, -0.2) is 9.91 Å². The molecule has 0 saturated heterocycles. The molecule has 0 saturated carbocycles. The standard InChI is InChI=1S/C17H14N2O2S/c1-12-4-2-3-5-15(12)16-11-22-17(18-16)10-13-6-8-14(9-7-13)19(20)21/h2-9,11H,10H2,1H3. The van der Waals surface area contributed by atoms with Crippen LogP contribution in [0.2, 0.25) is 0 Å². The van der Waals surface area contributed by atoms with Crippen LogP contribution < -0.4 is 0 Å². The maximum atomic E-state index is 10.7. The maximum absolute atomic E-state index is 10.7. The first-order chi connectivity index (χ1) is 10.6. The fourth-order valence-electron chi connectivity index (χ4n) is 2.29. The van der Waals surface area contributed by atoms with E-state index >= 15 is 0 Å². The second kappa shape index (κ2) is 6.07. The van der Waals surface area contributed by atoms with Gasteiger partial charge < -0.3 is 0 Å². The molecule has 4 nitrogen and oxygen atoms in total. The number of nitro groups is 1. The number of nitrogens with zero attached hydrogens (tertiary/aromatic N) is 2. The van der Waals surface area contributed by atoms with Gasteiger partial charge in [-0.05, 0) is 18.1 Å². The summed E-state index contributed by atoms with van der Waals surface area (Å²) >= 11 is 1.61. The van der Waals surface area contributed by atoms with Gasteiger partial charge in [0.05, 0.1) is 15.6 Å². The zero-order valence-corrected chi connectivity index (χ0v) is 12.8. The van der Waals surface area contributed by atoms with E-state index in [1.807, 2.05) is 12.1 Å². The van der Waals surface area contributed by atoms with Crippen LogP contribution in [0.5, 0.6) is 0 Å². The SMILES string of the molecule is Cc1ccccc1-c1csc(Cc2ccc([N+](=O)[O-])cc2)n1. The molecular formula is C17H14N2O2S. The van der Waals surface area contributed by atoms with Crippen LogP contribution in [0.1, 0.15) is 16.1 Å². The maximum Gasteiger partial charge on any atom is 0.269 e. The molecule has 0 aliphatic heterocycles. The first-order valence-electron chi connectivity index (χ1n) is 6.87. The van der Waals surface area contributed by atoms with Crippen molar-refractivity contribution in [1.82, 2.24) is 4.98 Å². The number of aryl methyl sites for hydroxylation is 1. The predicted octanol–water partition coefficient (Wildman–Crippen LogP) is 4.62. The van der Waals surface area contributed by atoms with Crippen LogP contribution in [0, 0.1) is 17.0 Å². The van der Waals surface area contributed by atoms with E-state index in [-0.39, 0.29) is 10.6 Å². The van der Waals surface area contributed by atoms with Crippen LogP contribution in [0.4, 0.5) is 5.69 Å². The van der Waals surface area contributed by atoms with Gasteiger partial charge in [-0.1, -0.05) is 36.4 Å². The van der Waals surface area contributed by atoms with E-state index < -0.39 is 0 Å². The van der Waals surface area contributed by atoms with Gasteiger partial charge in [0.1, 0.15) is 0 Å². The lowest BCUT2D eigenvalue weighted by atomic mass is 10.1. The van der Waals surface area contributed by atoms with Crippen molar-refractivity contribution in [2.45, 2.75) is 13.3 Å². The molecule has 2 aromatic carbocycles. The number of nitro benzene ring substituents is 1. The lowest BCUT2D eigenvalue weighted by Crippen LogP contribution is -1.91. The van der Waals surface area contributed by atoms with Crippen LogP contribution in [0.25, 0.3) is 11.3 Å². The molecule has 110 valence electrons. The van der Waals surface area contributed by atoms with Gasteiger partial charge in [0.15, 0.2) is 0 Å². The molecule has 0 aliphatic rings. The number of non-ortho nitro benzene ring substituents is 1. The second-order valence-corrected chi connectivity index (χ2v) is 5.98. The number of rotatable bonds is 4. The molecule has 3 rings (SSSR count). The van der Waals surface area contributed by atoms with Crippen LogP contribution in [0.3, 0.4) is 0 Å². The quantitative estimate of drug-likeness (QED) is 0.522. The highest BCUT2D eigenvalue weighted by Gasteiger charge is 2.09. The van der Waals surface area contributed by atoms with Crippen molar-refractivity contribution in [3.8, 4) is 11.3 Å². The van der Waals surface area contributed by atoms with Gasteiger partial charge in [-0.3, -0.25) is 10.1 Å². The molecule has 0 unspecified atom stereocenters. The fourth-order valence-corrected chi connectivity index (χ4v) is 3.11. The third-order valence-electron chi connectivity index (χ3n) is 3.48. The van der Waals surface area contributed by atoms with Gasteiger partial charge in [0.25, 0.3) is 5.69 Å². The van der Waals surface area contributed by atoms with Crippen LogP contribution >= 0.6 is 11.3 Å². The van der Waals surface area contributed by atoms with Gasteiger partial charge in [0.2, 0.25) is 0 Å². The van der Waals surface area contributed by atoms with E-state index in [0.29, 0.717) is 6.42 Å². The highest BCUT2D eigenvalue weighted by molar-refractivity contribution is 7.10. The van der Waals surface area contributed by atoms with Gasteiger partial charge in [-0.25, -0.2) is 4.98 Å². The molecule has 5 heteroatoms. The molecule has 0 amide bonds. The molecule has 0 atom stereocenters. The largest absolute Gasteiger partial charge is 0.269 e. The van der Waals surface area contributed by atoms with E-state index in [1.165, 1.54) is 17.7 Å². The Bertz CT molecular complexity index is 810. The summed E-state index contributed by atoms with van der Waals surface area (Å²) in [6.07, 6.45) is 0.689. The Kier molecular flexibility index (Phi) is 3.98. The van der Waals surface area contributed by atoms with Gasteiger partial charge in [-0.2, -0.15) is 0 Å². The van der Waals surface area contributed by atoms with Crippen LogP contribution in [-0.2, 0) is 6.42 Å². The van der Waals surface area contributed by atoms with Gasteiger partial charge in [-0.15, -0.1) is 11.3 Å². The Balaban J connectivity index is 1.80. The number of aromatic nitrogens is 1. The minimum absolute atomic E-state index is 0.114. The minimum atomic E-state index is -0.385. The third-order valence-corrected chi connectivity index (χ3v) is 4.32. The zero-order chi connectivity index (χ0) is 15.5. The van der Waals surface area contributed by atoms with Crippen molar-refractivity contribution in [2.75, 3.05) is 0 Å². The van der Waals surface area contributed by atoms with Crippen molar-refractivity contribution >= 4 is 17.0 Å². The number of hydrogen-bond acceptors (Lipinski definition) is 4. The third kappa shape index (κ3) is 3.04. The van der Waals surface area contributed by atoms with E-state index in [0.717, 1.165) is 21.8 Å². The Morgan fingerprint density at radius 2 is 1.86 bits per heavy atom. The van der Waals surface area contributed by atoms with Crippen LogP contribution in [0.15, 0.2) is 53.9 Å². The molecule has 3 aromatic rings. The molecule has 1 aromatic heterocycles. The Morgan fingerprint density at radius 1 is 1.14 bits per heavy atom. The summed E-state index contributed by atoms with van der Waals surface area (Å²) in [4.78, 5) is 15.0. The lowest BCUT2D eigenvalue weighted by molar-refractivity contribution is -0.384. The van der Waals surface area contributed by atoms with Crippen molar-refractivity contribution < 1.29 is 4.92 Å². The Labute approximate surface area is 132 Å². The molecule has 0 radical (unpaired) electrons. The molecule has 0 bridgehead atoms. The first kappa shape index (κ1) is 14.4. The summed E-state index contributed by atoms with van der Waals surface area (Å²) in [7, 11) is 0. The van der Waals surface area contributed by atoms with Gasteiger partial charge in [0, 0.05) is 29.5 Å². The summed E-state index contributed by atoms with van der Waals surface area (Å²) in [5.74, 6) is 0. The molecular weight excluding hydrogens is 296 g/mol. The summed E-state index contributed by atoms with van der Waals surface area (Å²) in [6, 6.07) is 14.8. The second-order valence-electron chi connectivity index (χ2n) is 5.04. The van der Waals surface area contributed by atoms with E-state index in [2.05, 4.69) is 29.4 Å². The summed E-state index contributed by atoms with van der Waals surface area (Å²) in [6.45, 7) is 2.07. The molecule has 0 spiro atoms. The van der Waals surface area contributed by atoms with Crippen molar-refractivity contribution in [3.05, 3.63) is 80.2 Å². The monoisotopic (exact) mass is 310 g/mol. The molecule has 22 heavy (non-hydrogen) atoms. The fraction of sp³-hybridized carbons (Fsp3) is 0.118. The zero-order valence-electron chi connectivity index (χ0n) is 12.0. The lowest BCUT2D eigenvalue weighted by Gasteiger charge is -2.01. The first-order valence-corrected chi connectivity index (χ1v) is 7.75. The minimum Gasteiger partial charge on any atom is -0.258 e. The average Bonchev–Trinajstić information content (AvgIpc) is 2.96. The van der Waals surface area contributed by atoms with Gasteiger partial charge >= 0.3 is 0 Å². The topological polar surface area (TPSA) is 56.0 Å². The number of thiazole rings is 1. The average molecular weight is 310 g/mol. The van der Waals surface area contributed by atoms with Crippen molar-refractivity contribution in [3.63, 3.8) is 0 Å². The molecule has 1 heterocycles. The number of hydrogen-bond donors (Lipinski definition) is 0. The smallest absolute Gasteiger partial charge is 0.258 e. The van der Waals surface area contributed by atoms with E-state index in [1.54, 1.807) is 23.5 Å². The summed E-state index contributed by atoms with van der Waals surface area (Å²) < 4.78 is 0. The van der Waals surface area contributed by atoms with Crippen molar-refractivity contribution in [1.29, 1.82) is 0 Å². The normalized spacial score (nSPS) is 10.6. The highest BCUT2D eigenvalue weighted by atomic mass is 32.1.